The van der Waals surface area contributed by atoms with Crippen LogP contribution in [0, 0.1) is 0 Å². The Bertz CT molecular complexity index is 456. The second kappa shape index (κ2) is 4.52. The van der Waals surface area contributed by atoms with Gasteiger partial charge in [-0.2, -0.15) is 4.98 Å². The quantitative estimate of drug-likeness (QED) is 0.807. The molecular formula is C10H12N4O2. The molecule has 16 heavy (non-hydrogen) atoms. The number of nitrogen functional groups attached to an aromatic ring is 1. The first kappa shape index (κ1) is 10.3. The standard InChI is InChI=1S/C10H12N4O2/c1-15-10-8(11)2-3-9(13-10)12-6-7-4-5-16-14-7/h2-5H,6,11H2,1H3,(H,12,13). The molecule has 3 N–H and O–H groups in total. The Morgan fingerprint density at radius 1 is 1.44 bits per heavy atom. The number of nitrogens with two attached hydrogens (primary N) is 1. The molecule has 0 saturated heterocycles. The molecule has 84 valence electrons. The minimum absolute atomic E-state index is 0.408. The summed E-state index contributed by atoms with van der Waals surface area (Å²) < 4.78 is 9.72. The third kappa shape index (κ3) is 2.22. The maximum absolute atomic E-state index is 5.65. The zero-order valence-electron chi connectivity index (χ0n) is 8.80. The SMILES string of the molecule is COc1nc(NCc2ccon2)ccc1N. The zero-order chi connectivity index (χ0) is 11.4. The van der Waals surface area contributed by atoms with Gasteiger partial charge in [0.05, 0.1) is 19.3 Å². The van der Waals surface area contributed by atoms with E-state index in [-0.39, 0.29) is 0 Å². The van der Waals surface area contributed by atoms with E-state index in [0.717, 1.165) is 5.69 Å². The van der Waals surface area contributed by atoms with Gasteiger partial charge in [-0.1, -0.05) is 5.16 Å². The van der Waals surface area contributed by atoms with Gasteiger partial charge in [-0.3, -0.25) is 0 Å². The summed E-state index contributed by atoms with van der Waals surface area (Å²) in [5.74, 6) is 1.08. The Morgan fingerprint density at radius 3 is 3.00 bits per heavy atom. The van der Waals surface area contributed by atoms with Crippen LogP contribution in [0.25, 0.3) is 0 Å². The molecule has 2 aromatic rings. The van der Waals surface area contributed by atoms with Gasteiger partial charge in [0.2, 0.25) is 5.88 Å². The van der Waals surface area contributed by atoms with Crippen LogP contribution >= 0.6 is 0 Å². The molecule has 0 fully saturated rings. The van der Waals surface area contributed by atoms with Crippen LogP contribution in [0.15, 0.2) is 29.0 Å². The van der Waals surface area contributed by atoms with Crippen molar-refractivity contribution in [2.24, 2.45) is 0 Å². The van der Waals surface area contributed by atoms with Crippen molar-refractivity contribution in [2.45, 2.75) is 6.54 Å². The van der Waals surface area contributed by atoms with E-state index in [1.165, 1.54) is 13.4 Å². The number of nitrogens with one attached hydrogen (secondary N) is 1. The van der Waals surface area contributed by atoms with Gasteiger partial charge in [0.25, 0.3) is 0 Å². The van der Waals surface area contributed by atoms with Crippen molar-refractivity contribution in [3.63, 3.8) is 0 Å². The fourth-order valence-electron chi connectivity index (χ4n) is 1.22. The lowest BCUT2D eigenvalue weighted by molar-refractivity contribution is 0.400. The van der Waals surface area contributed by atoms with Crippen LogP contribution in [0.5, 0.6) is 5.88 Å². The average Bonchev–Trinajstić information content (AvgIpc) is 2.81. The number of aromatic nitrogens is 2. The van der Waals surface area contributed by atoms with Gasteiger partial charge in [-0.05, 0) is 12.1 Å². The van der Waals surface area contributed by atoms with E-state index in [1.54, 1.807) is 18.2 Å². The highest BCUT2D eigenvalue weighted by molar-refractivity contribution is 5.53. The minimum Gasteiger partial charge on any atom is -0.479 e. The number of anilines is 2. The van der Waals surface area contributed by atoms with Gasteiger partial charge in [0.15, 0.2) is 0 Å². The largest absolute Gasteiger partial charge is 0.479 e. The van der Waals surface area contributed by atoms with Crippen LogP contribution < -0.4 is 15.8 Å². The number of hydrogen-bond donors (Lipinski definition) is 2. The van der Waals surface area contributed by atoms with Crippen LogP contribution in [0.1, 0.15) is 5.69 Å². The summed E-state index contributed by atoms with van der Waals surface area (Å²) in [6.45, 7) is 0.538. The fourth-order valence-corrected chi connectivity index (χ4v) is 1.22. The number of methoxy groups -OCH3 is 1. The van der Waals surface area contributed by atoms with Crippen molar-refractivity contribution in [3.8, 4) is 5.88 Å². The summed E-state index contributed by atoms with van der Waals surface area (Å²) in [6, 6.07) is 5.29. The Hall–Kier alpha value is -2.24. The molecule has 0 atom stereocenters. The predicted molar refractivity (Wildman–Crippen MR) is 59.0 cm³/mol. The highest BCUT2D eigenvalue weighted by Gasteiger charge is 2.03. The van der Waals surface area contributed by atoms with Crippen molar-refractivity contribution in [2.75, 3.05) is 18.2 Å². The lowest BCUT2D eigenvalue weighted by atomic mass is 10.4. The summed E-state index contributed by atoms with van der Waals surface area (Å²) in [7, 11) is 1.53. The third-order valence-electron chi connectivity index (χ3n) is 2.02. The molecule has 6 heteroatoms. The Balaban J connectivity index is 2.04. The zero-order valence-corrected chi connectivity index (χ0v) is 8.80. The van der Waals surface area contributed by atoms with E-state index in [0.29, 0.717) is 23.9 Å². The van der Waals surface area contributed by atoms with Crippen molar-refractivity contribution in [1.82, 2.24) is 10.1 Å². The first-order valence-electron chi connectivity index (χ1n) is 4.73. The molecule has 0 aliphatic rings. The van der Waals surface area contributed by atoms with E-state index >= 15 is 0 Å². The summed E-state index contributed by atoms with van der Waals surface area (Å²) in [5, 5.41) is 6.85. The van der Waals surface area contributed by atoms with Gasteiger partial charge >= 0.3 is 0 Å². The maximum Gasteiger partial charge on any atom is 0.238 e. The molecule has 2 aromatic heterocycles. The maximum atomic E-state index is 5.65. The summed E-state index contributed by atoms with van der Waals surface area (Å²) in [4.78, 5) is 4.17. The van der Waals surface area contributed by atoms with Crippen LogP contribution in [0.4, 0.5) is 11.5 Å². The molecule has 0 saturated carbocycles. The van der Waals surface area contributed by atoms with Crippen LogP contribution in [-0.2, 0) is 6.54 Å². The monoisotopic (exact) mass is 220 g/mol. The van der Waals surface area contributed by atoms with Crippen molar-refractivity contribution in [1.29, 1.82) is 0 Å². The molecule has 0 radical (unpaired) electrons. The molecule has 2 heterocycles. The van der Waals surface area contributed by atoms with Crippen molar-refractivity contribution < 1.29 is 9.26 Å². The molecule has 0 amide bonds. The number of rotatable bonds is 4. The van der Waals surface area contributed by atoms with Crippen LogP contribution in [0.2, 0.25) is 0 Å². The molecule has 0 aromatic carbocycles. The third-order valence-corrected chi connectivity index (χ3v) is 2.02. The molecule has 6 nitrogen and oxygen atoms in total. The summed E-state index contributed by atoms with van der Waals surface area (Å²) >= 11 is 0. The Labute approximate surface area is 92.4 Å². The van der Waals surface area contributed by atoms with Gasteiger partial charge in [-0.25, -0.2) is 0 Å². The lowest BCUT2D eigenvalue weighted by Crippen LogP contribution is -2.03. The van der Waals surface area contributed by atoms with Crippen LogP contribution in [0.3, 0.4) is 0 Å². The smallest absolute Gasteiger partial charge is 0.238 e. The molecular weight excluding hydrogens is 208 g/mol. The number of nitrogens with zero attached hydrogens (tertiary/aromatic N) is 2. The molecule has 0 bridgehead atoms. The Kier molecular flexibility index (Phi) is 2.90. The minimum atomic E-state index is 0.408. The van der Waals surface area contributed by atoms with E-state index in [1.807, 2.05) is 0 Å². The molecule has 0 aliphatic carbocycles. The van der Waals surface area contributed by atoms with Gasteiger partial charge < -0.3 is 20.3 Å². The highest BCUT2D eigenvalue weighted by Crippen LogP contribution is 2.20. The van der Waals surface area contributed by atoms with Crippen molar-refractivity contribution >= 4 is 11.5 Å². The lowest BCUT2D eigenvalue weighted by Gasteiger charge is -2.07. The first-order valence-corrected chi connectivity index (χ1v) is 4.73. The Morgan fingerprint density at radius 2 is 2.31 bits per heavy atom. The molecule has 0 spiro atoms. The van der Waals surface area contributed by atoms with E-state index in [2.05, 4.69) is 15.5 Å². The molecule has 0 unspecified atom stereocenters. The molecule has 0 aliphatic heterocycles. The van der Waals surface area contributed by atoms with E-state index in [4.69, 9.17) is 15.0 Å². The first-order chi connectivity index (χ1) is 7.79. The van der Waals surface area contributed by atoms with Gasteiger partial charge in [-0.15, -0.1) is 0 Å². The van der Waals surface area contributed by atoms with Crippen LogP contribution in [-0.4, -0.2) is 17.3 Å². The normalized spacial score (nSPS) is 10.1. The van der Waals surface area contributed by atoms with Crippen molar-refractivity contribution in [3.05, 3.63) is 30.2 Å². The van der Waals surface area contributed by atoms with E-state index in [9.17, 15) is 0 Å². The topological polar surface area (TPSA) is 86.2 Å². The highest BCUT2D eigenvalue weighted by atomic mass is 16.5. The number of ether oxygens (including phenoxy) is 1. The second-order valence-electron chi connectivity index (χ2n) is 3.14. The molecule has 2 rings (SSSR count). The van der Waals surface area contributed by atoms with Gasteiger partial charge in [0.1, 0.15) is 17.8 Å². The number of hydrogen-bond acceptors (Lipinski definition) is 6. The summed E-state index contributed by atoms with van der Waals surface area (Å²) in [5.41, 5.74) is 6.96. The fraction of sp³-hybridized carbons (Fsp3) is 0.200. The predicted octanol–water partition coefficient (Wildman–Crippen LogP) is 1.27. The number of pyridine rings is 1. The van der Waals surface area contributed by atoms with Gasteiger partial charge in [0, 0.05) is 6.07 Å². The summed E-state index contributed by atoms with van der Waals surface area (Å²) in [6.07, 6.45) is 1.52. The van der Waals surface area contributed by atoms with E-state index < -0.39 is 0 Å². The average molecular weight is 220 g/mol. The second-order valence-corrected chi connectivity index (χ2v) is 3.14.